The molecule has 0 spiro atoms. The number of amides is 1. The van der Waals surface area contributed by atoms with Gasteiger partial charge in [-0.3, -0.25) is 9.78 Å². The van der Waals surface area contributed by atoms with Crippen molar-refractivity contribution >= 4 is 5.91 Å². The van der Waals surface area contributed by atoms with Crippen molar-refractivity contribution in [2.45, 2.75) is 19.4 Å². The van der Waals surface area contributed by atoms with Crippen LogP contribution in [0.5, 0.6) is 0 Å². The Kier molecular flexibility index (Phi) is 5.76. The Morgan fingerprint density at radius 3 is 3.06 bits per heavy atom. The van der Waals surface area contributed by atoms with Gasteiger partial charge in [0.05, 0.1) is 12.6 Å². The van der Waals surface area contributed by atoms with Gasteiger partial charge in [-0.25, -0.2) is 0 Å². The van der Waals surface area contributed by atoms with E-state index in [1.165, 1.54) is 0 Å². The molecule has 0 saturated carbocycles. The third kappa shape index (κ3) is 5.14. The van der Waals surface area contributed by atoms with Gasteiger partial charge in [0.1, 0.15) is 0 Å². The first-order valence-corrected chi connectivity index (χ1v) is 5.58. The summed E-state index contributed by atoms with van der Waals surface area (Å²) >= 11 is 0. The maximum absolute atomic E-state index is 11.5. The van der Waals surface area contributed by atoms with E-state index in [4.69, 9.17) is 6.42 Å². The lowest BCUT2D eigenvalue weighted by Crippen LogP contribution is -2.43. The number of rotatable bonds is 6. The Hall–Kier alpha value is -1.86. The fourth-order valence-corrected chi connectivity index (χ4v) is 1.35. The molecule has 90 valence electrons. The van der Waals surface area contributed by atoms with Gasteiger partial charge in [0.25, 0.3) is 0 Å². The predicted octanol–water partition coefficient (Wildman–Crippen LogP) is 0.352. The lowest BCUT2D eigenvalue weighted by molar-refractivity contribution is -0.122. The normalized spacial score (nSPS) is 11.5. The van der Waals surface area contributed by atoms with E-state index >= 15 is 0 Å². The smallest absolute Gasteiger partial charge is 0.237 e. The quantitative estimate of drug-likeness (QED) is 0.695. The van der Waals surface area contributed by atoms with Crippen LogP contribution in [0.3, 0.4) is 0 Å². The van der Waals surface area contributed by atoms with Crippen LogP contribution in [0.1, 0.15) is 12.6 Å². The van der Waals surface area contributed by atoms with Gasteiger partial charge in [-0.15, -0.1) is 6.42 Å². The molecule has 1 heterocycles. The first kappa shape index (κ1) is 13.2. The van der Waals surface area contributed by atoms with Crippen LogP contribution in [0, 0.1) is 12.3 Å². The molecule has 2 N–H and O–H groups in total. The van der Waals surface area contributed by atoms with Crippen molar-refractivity contribution in [3.63, 3.8) is 0 Å². The Morgan fingerprint density at radius 1 is 1.59 bits per heavy atom. The zero-order valence-corrected chi connectivity index (χ0v) is 9.94. The number of hydrogen-bond donors (Lipinski definition) is 2. The van der Waals surface area contributed by atoms with E-state index in [0.29, 0.717) is 6.54 Å². The van der Waals surface area contributed by atoms with Gasteiger partial charge in [-0.1, -0.05) is 12.0 Å². The monoisotopic (exact) mass is 231 g/mol. The van der Waals surface area contributed by atoms with Crippen LogP contribution in [-0.4, -0.2) is 30.0 Å². The summed E-state index contributed by atoms with van der Waals surface area (Å²) in [6.45, 7) is 2.79. The van der Waals surface area contributed by atoms with Gasteiger partial charge in [0.2, 0.25) is 5.91 Å². The largest absolute Gasteiger partial charge is 0.344 e. The van der Waals surface area contributed by atoms with Crippen molar-refractivity contribution < 1.29 is 4.79 Å². The molecular formula is C13H17N3O. The molecule has 1 unspecified atom stereocenters. The molecule has 1 aromatic heterocycles. The van der Waals surface area contributed by atoms with Crippen LogP contribution in [0.2, 0.25) is 0 Å². The second-order valence-corrected chi connectivity index (χ2v) is 3.67. The second kappa shape index (κ2) is 7.42. The summed E-state index contributed by atoms with van der Waals surface area (Å²) in [5.41, 5.74) is 1.01. The predicted molar refractivity (Wildman–Crippen MR) is 67.2 cm³/mol. The lowest BCUT2D eigenvalue weighted by atomic mass is 10.2. The minimum Gasteiger partial charge on any atom is -0.344 e. The van der Waals surface area contributed by atoms with E-state index < -0.39 is 0 Å². The van der Waals surface area contributed by atoms with Gasteiger partial charge in [0.15, 0.2) is 0 Å². The molecule has 1 aromatic rings. The molecule has 0 bridgehead atoms. The fourth-order valence-electron chi connectivity index (χ4n) is 1.35. The number of carbonyl (C=O) groups excluding carboxylic acids is 1. The molecule has 0 fully saturated rings. The summed E-state index contributed by atoms with van der Waals surface area (Å²) in [6.07, 6.45) is 7.62. The van der Waals surface area contributed by atoms with E-state index in [0.717, 1.165) is 12.1 Å². The summed E-state index contributed by atoms with van der Waals surface area (Å²) < 4.78 is 0. The average Bonchev–Trinajstić information content (AvgIpc) is 2.37. The van der Waals surface area contributed by atoms with Crippen molar-refractivity contribution in [1.29, 1.82) is 0 Å². The highest BCUT2D eigenvalue weighted by atomic mass is 16.2. The number of aromatic nitrogens is 1. The second-order valence-electron chi connectivity index (χ2n) is 3.67. The molecule has 0 aromatic carbocycles. The molecule has 0 aliphatic rings. The standard InChI is InChI=1S/C13H17N3O/c1-3-8-16-13(17)11(2)14-10-7-12-6-4-5-9-15-12/h1,4-6,9,11,14H,7-8,10H2,2H3,(H,16,17). The summed E-state index contributed by atoms with van der Waals surface area (Å²) in [4.78, 5) is 15.7. The van der Waals surface area contributed by atoms with Crippen LogP contribution in [-0.2, 0) is 11.2 Å². The molecule has 0 aliphatic carbocycles. The molecule has 0 saturated heterocycles. The molecule has 0 radical (unpaired) electrons. The minimum absolute atomic E-state index is 0.0797. The molecule has 17 heavy (non-hydrogen) atoms. The minimum atomic E-state index is -0.243. The molecule has 4 nitrogen and oxygen atoms in total. The number of terminal acetylenes is 1. The van der Waals surface area contributed by atoms with E-state index in [9.17, 15) is 4.79 Å². The molecule has 0 aliphatic heterocycles. The number of nitrogens with one attached hydrogen (secondary N) is 2. The van der Waals surface area contributed by atoms with Crippen LogP contribution in [0.25, 0.3) is 0 Å². The topological polar surface area (TPSA) is 54.0 Å². The average molecular weight is 231 g/mol. The maximum atomic E-state index is 11.5. The van der Waals surface area contributed by atoms with Crippen molar-refractivity contribution in [2.24, 2.45) is 0 Å². The fraction of sp³-hybridized carbons (Fsp3) is 0.385. The SMILES string of the molecule is C#CCNC(=O)C(C)NCCc1ccccn1. The van der Waals surface area contributed by atoms with Crippen molar-refractivity contribution in [3.8, 4) is 12.3 Å². The molecular weight excluding hydrogens is 214 g/mol. The van der Waals surface area contributed by atoms with E-state index in [2.05, 4.69) is 21.5 Å². The summed E-state index contributed by atoms with van der Waals surface area (Å²) in [6, 6.07) is 5.55. The van der Waals surface area contributed by atoms with Crippen molar-refractivity contribution in [1.82, 2.24) is 15.6 Å². The third-order valence-corrected chi connectivity index (χ3v) is 2.32. The lowest BCUT2D eigenvalue weighted by Gasteiger charge is -2.12. The highest BCUT2D eigenvalue weighted by molar-refractivity contribution is 5.81. The first-order valence-electron chi connectivity index (χ1n) is 5.58. The van der Waals surface area contributed by atoms with E-state index in [1.54, 1.807) is 6.20 Å². The van der Waals surface area contributed by atoms with Crippen molar-refractivity contribution in [2.75, 3.05) is 13.1 Å². The summed E-state index contributed by atoms with van der Waals surface area (Å²) in [5, 5.41) is 5.75. The number of carbonyl (C=O) groups is 1. The molecule has 1 rings (SSSR count). The highest BCUT2D eigenvalue weighted by Gasteiger charge is 2.10. The Labute approximate surface area is 102 Å². The molecule has 4 heteroatoms. The van der Waals surface area contributed by atoms with Crippen molar-refractivity contribution in [3.05, 3.63) is 30.1 Å². The third-order valence-electron chi connectivity index (χ3n) is 2.32. The highest BCUT2D eigenvalue weighted by Crippen LogP contribution is 1.93. The van der Waals surface area contributed by atoms with E-state index in [1.807, 2.05) is 25.1 Å². The van der Waals surface area contributed by atoms with Gasteiger partial charge in [-0.05, 0) is 19.1 Å². The van der Waals surface area contributed by atoms with Crippen LogP contribution in [0.15, 0.2) is 24.4 Å². The van der Waals surface area contributed by atoms with Crippen LogP contribution in [0.4, 0.5) is 0 Å². The first-order chi connectivity index (χ1) is 8.24. The van der Waals surface area contributed by atoms with E-state index in [-0.39, 0.29) is 18.5 Å². The van der Waals surface area contributed by atoms with Gasteiger partial charge >= 0.3 is 0 Å². The Balaban J connectivity index is 2.22. The number of hydrogen-bond acceptors (Lipinski definition) is 3. The van der Waals surface area contributed by atoms with Gasteiger partial charge in [-0.2, -0.15) is 0 Å². The Bertz CT molecular complexity index is 383. The summed E-state index contributed by atoms with van der Waals surface area (Å²) in [7, 11) is 0. The van der Waals surface area contributed by atoms with Crippen LogP contribution < -0.4 is 10.6 Å². The zero-order valence-electron chi connectivity index (χ0n) is 9.94. The van der Waals surface area contributed by atoms with Gasteiger partial charge < -0.3 is 10.6 Å². The zero-order chi connectivity index (χ0) is 12.5. The number of pyridine rings is 1. The van der Waals surface area contributed by atoms with Crippen LogP contribution >= 0.6 is 0 Å². The molecule has 1 amide bonds. The Morgan fingerprint density at radius 2 is 2.41 bits per heavy atom. The summed E-state index contributed by atoms with van der Waals surface area (Å²) in [5.74, 6) is 2.29. The number of nitrogens with zero attached hydrogens (tertiary/aromatic N) is 1. The maximum Gasteiger partial charge on any atom is 0.237 e. The van der Waals surface area contributed by atoms with Gasteiger partial charge in [0, 0.05) is 24.9 Å². The molecule has 1 atom stereocenters.